The summed E-state index contributed by atoms with van der Waals surface area (Å²) < 4.78 is 19.5. The van der Waals surface area contributed by atoms with Crippen LogP contribution in [0.4, 0.5) is 5.69 Å². The molecule has 9 rings (SSSR count). The van der Waals surface area contributed by atoms with Crippen LogP contribution in [0.15, 0.2) is 94.2 Å². The summed E-state index contributed by atoms with van der Waals surface area (Å²) in [5.41, 5.74) is 7.53. The zero-order valence-corrected chi connectivity index (χ0v) is 34.2. The van der Waals surface area contributed by atoms with Gasteiger partial charge >= 0.3 is 11.9 Å². The van der Waals surface area contributed by atoms with Crippen molar-refractivity contribution < 1.29 is 33.6 Å². The SMILES string of the molecule is CCc1cc(-c2nc(-c3ccc4c(cnn4CCC(=O)O)c3)no2)ccc1N1CCCCC1.COc1ccc(-c2nc(-c3ccc4c(cnn4CCC(=O)O)c3)no2)cc1Cl. The molecule has 0 amide bonds. The van der Waals surface area contributed by atoms with Gasteiger partial charge in [0, 0.05) is 51.8 Å². The number of rotatable bonds is 13. The smallest absolute Gasteiger partial charge is 0.305 e. The van der Waals surface area contributed by atoms with Gasteiger partial charge in [0.2, 0.25) is 11.6 Å². The summed E-state index contributed by atoms with van der Waals surface area (Å²) >= 11 is 6.16. The number of anilines is 1. The topological polar surface area (TPSA) is 201 Å². The second-order valence-corrected chi connectivity index (χ2v) is 14.9. The van der Waals surface area contributed by atoms with E-state index < -0.39 is 11.9 Å². The van der Waals surface area contributed by atoms with Gasteiger partial charge in [-0.2, -0.15) is 20.2 Å². The van der Waals surface area contributed by atoms with Gasteiger partial charge in [-0.3, -0.25) is 19.0 Å². The number of hydrogen-bond acceptors (Lipinski definition) is 12. The second kappa shape index (κ2) is 18.0. The standard InChI is InChI=1S/C25H27N5O3.C19H15ClN4O4/c1-2-17-14-19(7-8-21(17)29-11-4-3-5-12-29)25-27-24(28-33-25)18-6-9-22-20(15-18)16-26-30(22)13-10-23(31)32;1-27-16-5-3-12(9-14(16)20)19-22-18(23-28-19)11-2-4-15-13(8-11)10-21-24(15)7-6-17(25)26/h6-9,14-16H,2-5,10-13H2,1H3,(H,31,32);2-5,8-10H,6-7H2,1H3,(H,25,26). The molecule has 312 valence electrons. The van der Waals surface area contributed by atoms with E-state index in [-0.39, 0.29) is 12.8 Å². The highest BCUT2D eigenvalue weighted by atomic mass is 35.5. The van der Waals surface area contributed by atoms with Gasteiger partial charge in [-0.1, -0.05) is 28.8 Å². The third kappa shape index (κ3) is 9.09. The number of aliphatic carboxylic acids is 2. The van der Waals surface area contributed by atoms with Crippen molar-refractivity contribution in [3.63, 3.8) is 0 Å². The second-order valence-electron chi connectivity index (χ2n) is 14.5. The first-order chi connectivity index (χ1) is 29.7. The molecule has 1 saturated heterocycles. The van der Waals surface area contributed by atoms with E-state index in [1.807, 2.05) is 36.4 Å². The Morgan fingerprint density at radius 2 is 1.23 bits per heavy atom. The normalized spacial score (nSPS) is 12.7. The van der Waals surface area contributed by atoms with Gasteiger partial charge in [-0.25, -0.2) is 0 Å². The lowest BCUT2D eigenvalue weighted by Crippen LogP contribution is -2.30. The van der Waals surface area contributed by atoms with E-state index in [0.29, 0.717) is 52.9 Å². The third-order valence-electron chi connectivity index (χ3n) is 10.5. The van der Waals surface area contributed by atoms with Crippen LogP contribution in [0.3, 0.4) is 0 Å². The molecule has 0 unspecified atom stereocenters. The Morgan fingerprint density at radius 3 is 1.74 bits per heavy atom. The van der Waals surface area contributed by atoms with E-state index in [9.17, 15) is 9.59 Å². The molecule has 0 saturated carbocycles. The predicted molar refractivity (Wildman–Crippen MR) is 228 cm³/mol. The van der Waals surface area contributed by atoms with Gasteiger partial charge in [0.25, 0.3) is 11.8 Å². The minimum absolute atomic E-state index is 0.0111. The monoisotopic (exact) mass is 843 g/mol. The van der Waals surface area contributed by atoms with E-state index in [1.165, 1.54) is 30.5 Å². The van der Waals surface area contributed by atoms with Crippen molar-refractivity contribution in [2.24, 2.45) is 0 Å². The van der Waals surface area contributed by atoms with E-state index >= 15 is 0 Å². The summed E-state index contributed by atoms with van der Waals surface area (Å²) in [4.78, 5) is 33.2. The van der Waals surface area contributed by atoms with Crippen molar-refractivity contribution in [3.8, 4) is 51.4 Å². The lowest BCUT2D eigenvalue weighted by molar-refractivity contribution is -0.138. The van der Waals surface area contributed by atoms with Crippen LogP contribution in [0.2, 0.25) is 5.02 Å². The number of carboxylic acid groups (broad SMARTS) is 2. The molecule has 1 aliphatic heterocycles. The van der Waals surface area contributed by atoms with Gasteiger partial charge < -0.3 is 28.9 Å². The first kappa shape index (κ1) is 40.7. The number of nitrogens with zero attached hydrogens (tertiary/aromatic N) is 9. The maximum atomic E-state index is 10.9. The molecular formula is C44H42ClN9O7. The molecule has 0 radical (unpaired) electrons. The summed E-state index contributed by atoms with van der Waals surface area (Å²) in [6.45, 7) is 5.05. The minimum atomic E-state index is -0.863. The molecule has 0 bridgehead atoms. The molecule has 2 N–H and O–H groups in total. The van der Waals surface area contributed by atoms with Gasteiger partial charge in [0.15, 0.2) is 0 Å². The summed E-state index contributed by atoms with van der Waals surface area (Å²) in [6.07, 6.45) is 8.22. The van der Waals surface area contributed by atoms with Crippen LogP contribution in [-0.2, 0) is 29.1 Å². The lowest BCUT2D eigenvalue weighted by atomic mass is 10.0. The number of benzene rings is 4. The Balaban J connectivity index is 0.000000171. The number of halogens is 1. The Kier molecular flexibility index (Phi) is 12.0. The number of hydrogen-bond donors (Lipinski definition) is 2. The molecule has 4 aromatic carbocycles. The number of ether oxygens (including phenoxy) is 1. The number of aromatic nitrogens is 8. The number of carbonyl (C=O) groups is 2. The molecule has 8 aromatic rings. The lowest BCUT2D eigenvalue weighted by Gasteiger charge is -2.30. The zero-order valence-electron chi connectivity index (χ0n) is 33.5. The fourth-order valence-electron chi connectivity index (χ4n) is 7.37. The van der Waals surface area contributed by atoms with Crippen molar-refractivity contribution in [1.82, 2.24) is 39.8 Å². The number of methoxy groups -OCH3 is 1. The summed E-state index contributed by atoms with van der Waals surface area (Å²) in [6, 6.07) is 23.0. The van der Waals surface area contributed by atoms with Crippen molar-refractivity contribution >= 4 is 51.0 Å². The number of fused-ring (bicyclic) bond motifs is 2. The van der Waals surface area contributed by atoms with Crippen LogP contribution in [0.25, 0.3) is 67.5 Å². The molecule has 4 aromatic heterocycles. The van der Waals surface area contributed by atoms with Crippen LogP contribution in [0.5, 0.6) is 5.75 Å². The predicted octanol–water partition coefficient (Wildman–Crippen LogP) is 8.67. The van der Waals surface area contributed by atoms with Gasteiger partial charge in [-0.15, -0.1) is 0 Å². The van der Waals surface area contributed by atoms with Crippen molar-refractivity contribution in [2.75, 3.05) is 25.1 Å². The molecular weight excluding hydrogens is 802 g/mol. The van der Waals surface area contributed by atoms with Gasteiger partial charge in [-0.05, 0) is 104 Å². The van der Waals surface area contributed by atoms with E-state index in [0.717, 1.165) is 58.0 Å². The Morgan fingerprint density at radius 1 is 0.705 bits per heavy atom. The number of piperidine rings is 1. The first-order valence-electron chi connectivity index (χ1n) is 19.9. The number of carboxylic acids is 2. The maximum absolute atomic E-state index is 10.9. The molecule has 0 aliphatic carbocycles. The average molecular weight is 844 g/mol. The highest BCUT2D eigenvalue weighted by molar-refractivity contribution is 6.32. The van der Waals surface area contributed by atoms with Crippen LogP contribution >= 0.6 is 11.6 Å². The number of aryl methyl sites for hydroxylation is 3. The molecule has 1 fully saturated rings. The summed E-state index contributed by atoms with van der Waals surface area (Å²) in [5, 5.41) is 36.8. The van der Waals surface area contributed by atoms with Crippen molar-refractivity contribution in [1.29, 1.82) is 0 Å². The van der Waals surface area contributed by atoms with Crippen molar-refractivity contribution in [2.45, 2.75) is 58.5 Å². The first-order valence-corrected chi connectivity index (χ1v) is 20.3. The molecule has 61 heavy (non-hydrogen) atoms. The Hall–Kier alpha value is -7.07. The maximum Gasteiger partial charge on any atom is 0.305 e. The molecule has 1 aliphatic rings. The third-order valence-corrected chi connectivity index (χ3v) is 10.8. The van der Waals surface area contributed by atoms with E-state index in [4.69, 9.17) is 35.6 Å². The average Bonchev–Trinajstić information content (AvgIpc) is 4.12. The quantitative estimate of drug-likeness (QED) is 0.112. The van der Waals surface area contributed by atoms with Gasteiger partial charge in [0.1, 0.15) is 5.75 Å². The highest BCUT2D eigenvalue weighted by Crippen LogP contribution is 2.33. The zero-order chi connectivity index (χ0) is 42.5. The van der Waals surface area contributed by atoms with Crippen LogP contribution in [-0.4, -0.2) is 82.2 Å². The van der Waals surface area contributed by atoms with Crippen molar-refractivity contribution in [3.05, 3.63) is 95.8 Å². The fraction of sp³-hybridized carbons (Fsp3) is 0.273. The summed E-state index contributed by atoms with van der Waals surface area (Å²) in [5.74, 6) is 0.656. The Labute approximate surface area is 354 Å². The fourth-order valence-corrected chi connectivity index (χ4v) is 7.63. The van der Waals surface area contributed by atoms with Gasteiger partial charge in [0.05, 0.1) is 61.5 Å². The molecule has 0 spiro atoms. The van der Waals surface area contributed by atoms with Crippen LogP contribution in [0, 0.1) is 0 Å². The van der Waals surface area contributed by atoms with Crippen LogP contribution < -0.4 is 9.64 Å². The largest absolute Gasteiger partial charge is 0.495 e. The molecule has 16 nitrogen and oxygen atoms in total. The molecule has 5 heterocycles. The van der Waals surface area contributed by atoms with E-state index in [2.05, 4.69) is 60.5 Å². The molecule has 17 heteroatoms. The molecule has 0 atom stereocenters. The van der Waals surface area contributed by atoms with Crippen LogP contribution in [0.1, 0.15) is 44.6 Å². The summed E-state index contributed by atoms with van der Waals surface area (Å²) in [7, 11) is 1.55. The minimum Gasteiger partial charge on any atom is -0.495 e. The highest BCUT2D eigenvalue weighted by Gasteiger charge is 2.18. The van der Waals surface area contributed by atoms with E-state index in [1.54, 1.807) is 47.1 Å². The Bertz CT molecular complexity index is 2840.